The van der Waals surface area contributed by atoms with Crippen LogP contribution < -0.4 is 15.4 Å². The zero-order valence-corrected chi connectivity index (χ0v) is 10.0. The van der Waals surface area contributed by atoms with Gasteiger partial charge in [-0.3, -0.25) is 10.1 Å². The SMILES string of the molecule is COc1cnc(NC(=O)NCCCC(=O)O)s1. The fourth-order valence-electron chi connectivity index (χ4n) is 0.994. The molecule has 1 aromatic rings. The molecule has 2 amide bonds. The number of aromatic nitrogens is 1. The van der Waals surface area contributed by atoms with E-state index in [-0.39, 0.29) is 6.42 Å². The van der Waals surface area contributed by atoms with Crippen molar-refractivity contribution < 1.29 is 19.4 Å². The van der Waals surface area contributed by atoms with Gasteiger partial charge in [0.15, 0.2) is 10.2 Å². The summed E-state index contributed by atoms with van der Waals surface area (Å²) in [6.07, 6.45) is 1.93. The van der Waals surface area contributed by atoms with Crippen molar-refractivity contribution in [1.29, 1.82) is 0 Å². The number of ether oxygens (including phenoxy) is 1. The van der Waals surface area contributed by atoms with Gasteiger partial charge in [0, 0.05) is 13.0 Å². The van der Waals surface area contributed by atoms with Crippen LogP contribution >= 0.6 is 11.3 Å². The molecule has 1 heterocycles. The molecule has 0 saturated carbocycles. The molecule has 0 atom stereocenters. The van der Waals surface area contributed by atoms with Crippen LogP contribution in [0, 0.1) is 0 Å². The van der Waals surface area contributed by atoms with E-state index in [2.05, 4.69) is 15.6 Å². The number of urea groups is 1. The van der Waals surface area contributed by atoms with E-state index >= 15 is 0 Å². The second-order valence-corrected chi connectivity index (χ2v) is 4.06. The van der Waals surface area contributed by atoms with Crippen molar-refractivity contribution in [2.75, 3.05) is 19.0 Å². The third kappa shape index (κ3) is 5.16. The largest absolute Gasteiger partial charge is 0.486 e. The summed E-state index contributed by atoms with van der Waals surface area (Å²) >= 11 is 1.21. The van der Waals surface area contributed by atoms with Crippen molar-refractivity contribution in [2.24, 2.45) is 0 Å². The summed E-state index contributed by atoms with van der Waals surface area (Å²) in [7, 11) is 1.52. The molecule has 0 aromatic carbocycles. The maximum absolute atomic E-state index is 11.3. The van der Waals surface area contributed by atoms with Gasteiger partial charge in [-0.05, 0) is 6.42 Å². The summed E-state index contributed by atoms with van der Waals surface area (Å²) < 4.78 is 4.92. The van der Waals surface area contributed by atoms with Crippen LogP contribution in [0.15, 0.2) is 6.20 Å². The molecule has 1 aromatic heterocycles. The first-order chi connectivity index (χ1) is 8.11. The average Bonchev–Trinajstić information content (AvgIpc) is 2.72. The zero-order valence-electron chi connectivity index (χ0n) is 9.23. The first-order valence-electron chi connectivity index (χ1n) is 4.88. The van der Waals surface area contributed by atoms with E-state index in [9.17, 15) is 9.59 Å². The first-order valence-corrected chi connectivity index (χ1v) is 5.70. The van der Waals surface area contributed by atoms with Crippen molar-refractivity contribution in [3.8, 4) is 5.06 Å². The highest BCUT2D eigenvalue weighted by Gasteiger charge is 2.06. The number of aliphatic carboxylic acids is 1. The lowest BCUT2D eigenvalue weighted by molar-refractivity contribution is -0.137. The van der Waals surface area contributed by atoms with E-state index < -0.39 is 12.0 Å². The Morgan fingerprint density at radius 2 is 2.35 bits per heavy atom. The van der Waals surface area contributed by atoms with Gasteiger partial charge >= 0.3 is 12.0 Å². The number of hydrogen-bond acceptors (Lipinski definition) is 5. The number of methoxy groups -OCH3 is 1. The lowest BCUT2D eigenvalue weighted by Gasteiger charge is -2.03. The number of rotatable bonds is 6. The molecule has 0 unspecified atom stereocenters. The van der Waals surface area contributed by atoms with Gasteiger partial charge in [-0.15, -0.1) is 0 Å². The Morgan fingerprint density at radius 3 is 2.94 bits per heavy atom. The van der Waals surface area contributed by atoms with E-state index in [1.165, 1.54) is 24.6 Å². The van der Waals surface area contributed by atoms with Crippen LogP contribution in [0.3, 0.4) is 0 Å². The number of carbonyl (C=O) groups is 2. The number of nitrogens with one attached hydrogen (secondary N) is 2. The average molecular weight is 259 g/mol. The zero-order chi connectivity index (χ0) is 12.7. The van der Waals surface area contributed by atoms with Gasteiger partial charge in [-0.2, -0.15) is 0 Å². The number of carboxylic acids is 1. The highest BCUT2D eigenvalue weighted by atomic mass is 32.1. The molecule has 0 aliphatic heterocycles. The third-order valence-corrected chi connectivity index (χ3v) is 2.63. The Labute approximate surface area is 102 Å². The van der Waals surface area contributed by atoms with Gasteiger partial charge < -0.3 is 15.2 Å². The van der Waals surface area contributed by atoms with E-state index in [0.29, 0.717) is 23.2 Å². The fraction of sp³-hybridized carbons (Fsp3) is 0.444. The van der Waals surface area contributed by atoms with Crippen LogP contribution in [-0.2, 0) is 4.79 Å². The molecule has 0 radical (unpaired) electrons. The minimum absolute atomic E-state index is 0.0331. The summed E-state index contributed by atoms with van der Waals surface area (Å²) in [5.74, 6) is -0.878. The Hall–Kier alpha value is -1.83. The minimum Gasteiger partial charge on any atom is -0.486 e. The molecule has 17 heavy (non-hydrogen) atoms. The van der Waals surface area contributed by atoms with Crippen LogP contribution in [0.5, 0.6) is 5.06 Å². The number of nitrogens with zero attached hydrogens (tertiary/aromatic N) is 1. The summed E-state index contributed by atoms with van der Waals surface area (Å²) in [4.78, 5) is 25.4. The molecule has 7 nitrogen and oxygen atoms in total. The quantitative estimate of drug-likeness (QED) is 0.665. The maximum Gasteiger partial charge on any atom is 0.321 e. The predicted molar refractivity (Wildman–Crippen MR) is 62.6 cm³/mol. The smallest absolute Gasteiger partial charge is 0.321 e. The molecule has 3 N–H and O–H groups in total. The minimum atomic E-state index is -0.878. The number of carbonyl (C=O) groups excluding carboxylic acids is 1. The third-order valence-electron chi connectivity index (χ3n) is 1.76. The molecular formula is C9H13N3O4S. The summed E-state index contributed by atoms with van der Waals surface area (Å²) in [6, 6.07) is -0.410. The lowest BCUT2D eigenvalue weighted by atomic mass is 10.3. The molecule has 8 heteroatoms. The molecular weight excluding hydrogens is 246 g/mol. The van der Waals surface area contributed by atoms with E-state index in [0.717, 1.165) is 0 Å². The van der Waals surface area contributed by atoms with E-state index in [1.54, 1.807) is 0 Å². The summed E-state index contributed by atoms with van der Waals surface area (Å²) in [6.45, 7) is 0.306. The molecule has 0 saturated heterocycles. The van der Waals surface area contributed by atoms with E-state index in [1.807, 2.05) is 0 Å². The van der Waals surface area contributed by atoms with Gasteiger partial charge in [-0.25, -0.2) is 9.78 Å². The number of amides is 2. The maximum atomic E-state index is 11.3. The van der Waals surface area contributed by atoms with Gasteiger partial charge in [-0.1, -0.05) is 11.3 Å². The molecule has 0 spiro atoms. The summed E-state index contributed by atoms with van der Waals surface area (Å²) in [5, 5.41) is 14.5. The van der Waals surface area contributed by atoms with Crippen LogP contribution in [0.4, 0.5) is 9.93 Å². The number of carboxylic acid groups (broad SMARTS) is 1. The molecule has 0 fully saturated rings. The molecule has 0 aliphatic carbocycles. The van der Waals surface area contributed by atoms with Crippen molar-refractivity contribution in [2.45, 2.75) is 12.8 Å². The highest BCUT2D eigenvalue weighted by molar-refractivity contribution is 7.17. The predicted octanol–water partition coefficient (Wildman–Crippen LogP) is 1.14. The van der Waals surface area contributed by atoms with Crippen molar-refractivity contribution in [3.05, 3.63) is 6.20 Å². The number of hydrogen-bond donors (Lipinski definition) is 3. The van der Waals surface area contributed by atoms with Crippen LogP contribution in [0.1, 0.15) is 12.8 Å². The van der Waals surface area contributed by atoms with Crippen molar-refractivity contribution >= 4 is 28.5 Å². The topological polar surface area (TPSA) is 101 Å². The second-order valence-electron chi connectivity index (χ2n) is 3.07. The van der Waals surface area contributed by atoms with Gasteiger partial charge in [0.05, 0.1) is 13.3 Å². The van der Waals surface area contributed by atoms with E-state index in [4.69, 9.17) is 9.84 Å². The molecule has 0 aliphatic rings. The van der Waals surface area contributed by atoms with Crippen molar-refractivity contribution in [3.63, 3.8) is 0 Å². The van der Waals surface area contributed by atoms with Gasteiger partial charge in [0.2, 0.25) is 0 Å². The van der Waals surface area contributed by atoms with Crippen LogP contribution in [0.25, 0.3) is 0 Å². The molecule has 1 rings (SSSR count). The standard InChI is InChI=1S/C9H13N3O4S/c1-16-7-5-11-9(17-7)12-8(15)10-4-2-3-6(13)14/h5H,2-4H2,1H3,(H,13,14)(H2,10,11,12,15). The van der Waals surface area contributed by atoms with Gasteiger partial charge in [0.1, 0.15) is 0 Å². The molecule has 94 valence electrons. The Morgan fingerprint density at radius 1 is 1.59 bits per heavy atom. The Balaban J connectivity index is 2.22. The first kappa shape index (κ1) is 13.2. The van der Waals surface area contributed by atoms with Crippen molar-refractivity contribution in [1.82, 2.24) is 10.3 Å². The lowest BCUT2D eigenvalue weighted by Crippen LogP contribution is -2.29. The summed E-state index contributed by atoms with van der Waals surface area (Å²) in [5.41, 5.74) is 0. The van der Waals surface area contributed by atoms with Gasteiger partial charge in [0.25, 0.3) is 0 Å². The normalized spacial score (nSPS) is 9.71. The second kappa shape index (κ2) is 6.69. The van der Waals surface area contributed by atoms with Crippen LogP contribution in [-0.4, -0.2) is 35.7 Å². The fourth-order valence-corrected chi connectivity index (χ4v) is 1.62. The molecule has 0 bridgehead atoms. The highest BCUT2D eigenvalue weighted by Crippen LogP contribution is 2.24. The Bertz CT molecular complexity index is 393. The Kier molecular flexibility index (Phi) is 5.21. The van der Waals surface area contributed by atoms with Crippen LogP contribution in [0.2, 0.25) is 0 Å². The number of thiazole rings is 1. The monoisotopic (exact) mass is 259 g/mol. The number of anilines is 1.